The van der Waals surface area contributed by atoms with Crippen molar-refractivity contribution in [1.29, 1.82) is 0 Å². The van der Waals surface area contributed by atoms with Crippen LogP contribution in [0.4, 0.5) is 8.78 Å². The fourth-order valence-electron chi connectivity index (χ4n) is 0.877. The second kappa shape index (κ2) is 4.15. The summed E-state index contributed by atoms with van der Waals surface area (Å²) >= 11 is 0. The SMILES string of the molecule is Cc1ncc(CNCC(F)F)[nH]1. The van der Waals surface area contributed by atoms with E-state index in [2.05, 4.69) is 15.3 Å². The number of aromatic amines is 1. The Bertz CT molecular complexity index is 234. The average Bonchev–Trinajstić information content (AvgIpc) is 2.35. The molecule has 1 aromatic rings. The molecule has 1 aromatic heterocycles. The van der Waals surface area contributed by atoms with Gasteiger partial charge in [0.1, 0.15) is 5.82 Å². The molecular weight excluding hydrogens is 164 g/mol. The summed E-state index contributed by atoms with van der Waals surface area (Å²) < 4.78 is 23.3. The van der Waals surface area contributed by atoms with Crippen LogP contribution in [0, 0.1) is 6.92 Å². The van der Waals surface area contributed by atoms with Gasteiger partial charge < -0.3 is 10.3 Å². The molecule has 0 bridgehead atoms. The number of rotatable bonds is 4. The van der Waals surface area contributed by atoms with Crippen LogP contribution in [0.1, 0.15) is 11.5 Å². The minimum atomic E-state index is -2.30. The van der Waals surface area contributed by atoms with Crippen molar-refractivity contribution in [2.24, 2.45) is 0 Å². The molecular formula is C7H11F2N3. The Morgan fingerprint density at radius 1 is 1.67 bits per heavy atom. The number of H-pyrrole nitrogens is 1. The van der Waals surface area contributed by atoms with Crippen LogP contribution >= 0.6 is 0 Å². The molecule has 5 heteroatoms. The van der Waals surface area contributed by atoms with E-state index in [0.29, 0.717) is 6.54 Å². The molecule has 0 aromatic carbocycles. The van der Waals surface area contributed by atoms with Gasteiger partial charge >= 0.3 is 0 Å². The third-order valence-electron chi connectivity index (χ3n) is 1.37. The van der Waals surface area contributed by atoms with Gasteiger partial charge in [-0.1, -0.05) is 0 Å². The van der Waals surface area contributed by atoms with Gasteiger partial charge in [0.05, 0.1) is 6.54 Å². The van der Waals surface area contributed by atoms with Crippen LogP contribution in [0.2, 0.25) is 0 Å². The van der Waals surface area contributed by atoms with Crippen molar-refractivity contribution in [1.82, 2.24) is 15.3 Å². The van der Waals surface area contributed by atoms with Crippen LogP contribution in [-0.4, -0.2) is 22.9 Å². The van der Waals surface area contributed by atoms with Gasteiger partial charge in [0.2, 0.25) is 0 Å². The van der Waals surface area contributed by atoms with Gasteiger partial charge in [-0.3, -0.25) is 0 Å². The molecule has 12 heavy (non-hydrogen) atoms. The van der Waals surface area contributed by atoms with Gasteiger partial charge in [-0.2, -0.15) is 0 Å². The monoisotopic (exact) mass is 175 g/mol. The lowest BCUT2D eigenvalue weighted by Crippen LogP contribution is -2.20. The van der Waals surface area contributed by atoms with Crippen molar-refractivity contribution in [3.05, 3.63) is 17.7 Å². The predicted molar refractivity (Wildman–Crippen MR) is 41.0 cm³/mol. The number of alkyl halides is 2. The molecule has 2 N–H and O–H groups in total. The maximum Gasteiger partial charge on any atom is 0.250 e. The quantitative estimate of drug-likeness (QED) is 0.718. The molecule has 3 nitrogen and oxygen atoms in total. The van der Waals surface area contributed by atoms with E-state index in [4.69, 9.17) is 0 Å². The van der Waals surface area contributed by atoms with Crippen molar-refractivity contribution >= 4 is 0 Å². The van der Waals surface area contributed by atoms with Gasteiger partial charge in [-0.25, -0.2) is 13.8 Å². The Morgan fingerprint density at radius 2 is 2.42 bits per heavy atom. The summed E-state index contributed by atoms with van der Waals surface area (Å²) in [5, 5.41) is 2.59. The number of halogens is 2. The van der Waals surface area contributed by atoms with E-state index in [0.717, 1.165) is 11.5 Å². The Labute approximate surface area is 69.2 Å². The lowest BCUT2D eigenvalue weighted by molar-refractivity contribution is 0.145. The standard InChI is InChI=1S/C7H11F2N3/c1-5-11-3-6(12-5)2-10-4-7(8)9/h3,7,10H,2,4H2,1H3,(H,11,12). The highest BCUT2D eigenvalue weighted by molar-refractivity contribution is 4.99. The fraction of sp³-hybridized carbons (Fsp3) is 0.571. The number of nitrogens with zero attached hydrogens (tertiary/aromatic N) is 1. The molecule has 68 valence electrons. The molecule has 0 atom stereocenters. The van der Waals surface area contributed by atoms with Crippen LogP contribution in [0.3, 0.4) is 0 Å². The zero-order valence-corrected chi connectivity index (χ0v) is 6.77. The van der Waals surface area contributed by atoms with Crippen LogP contribution in [0.5, 0.6) is 0 Å². The van der Waals surface area contributed by atoms with E-state index in [9.17, 15) is 8.78 Å². The van der Waals surface area contributed by atoms with Crippen molar-refractivity contribution in [3.8, 4) is 0 Å². The van der Waals surface area contributed by atoms with Crippen molar-refractivity contribution in [2.75, 3.05) is 6.54 Å². The summed E-state index contributed by atoms with van der Waals surface area (Å²) in [4.78, 5) is 6.86. The van der Waals surface area contributed by atoms with Gasteiger partial charge in [0.25, 0.3) is 6.43 Å². The van der Waals surface area contributed by atoms with E-state index in [1.165, 1.54) is 0 Å². The lowest BCUT2D eigenvalue weighted by atomic mass is 10.4. The first-order chi connectivity index (χ1) is 5.68. The van der Waals surface area contributed by atoms with Crippen LogP contribution < -0.4 is 5.32 Å². The minimum absolute atomic E-state index is 0.280. The third kappa shape index (κ3) is 2.96. The van der Waals surface area contributed by atoms with E-state index >= 15 is 0 Å². The number of aryl methyl sites for hydroxylation is 1. The number of hydrogen-bond acceptors (Lipinski definition) is 2. The second-order valence-corrected chi connectivity index (χ2v) is 2.52. The molecule has 0 fully saturated rings. The maximum atomic E-state index is 11.7. The van der Waals surface area contributed by atoms with Gasteiger partial charge in [0, 0.05) is 18.4 Å². The summed E-state index contributed by atoms with van der Waals surface area (Å²) in [6, 6.07) is 0. The van der Waals surface area contributed by atoms with Crippen molar-refractivity contribution in [2.45, 2.75) is 19.9 Å². The maximum absolute atomic E-state index is 11.7. The first-order valence-electron chi connectivity index (χ1n) is 3.68. The van der Waals surface area contributed by atoms with Crippen LogP contribution in [0.25, 0.3) is 0 Å². The number of aromatic nitrogens is 2. The Morgan fingerprint density at radius 3 is 2.92 bits per heavy atom. The van der Waals surface area contributed by atoms with E-state index in [-0.39, 0.29) is 6.54 Å². The Hall–Kier alpha value is -0.970. The highest BCUT2D eigenvalue weighted by Crippen LogP contribution is 1.95. The first-order valence-corrected chi connectivity index (χ1v) is 3.68. The molecule has 0 saturated carbocycles. The highest BCUT2D eigenvalue weighted by Gasteiger charge is 2.01. The van der Waals surface area contributed by atoms with E-state index in [1.807, 2.05) is 6.92 Å². The predicted octanol–water partition coefficient (Wildman–Crippen LogP) is 1.07. The summed E-state index contributed by atoms with van der Waals surface area (Å²) in [6.07, 6.45) is -0.664. The van der Waals surface area contributed by atoms with Crippen LogP contribution in [0.15, 0.2) is 6.20 Å². The molecule has 0 saturated heterocycles. The normalized spacial score (nSPS) is 11.0. The van der Waals surface area contributed by atoms with Crippen LogP contribution in [-0.2, 0) is 6.54 Å². The van der Waals surface area contributed by atoms with Crippen molar-refractivity contribution < 1.29 is 8.78 Å². The summed E-state index contributed by atoms with van der Waals surface area (Å²) in [6.45, 7) is 1.94. The lowest BCUT2D eigenvalue weighted by Gasteiger charge is -2.00. The molecule has 0 aliphatic heterocycles. The summed E-state index contributed by atoms with van der Waals surface area (Å²) in [5.41, 5.74) is 0.827. The molecule has 0 spiro atoms. The highest BCUT2D eigenvalue weighted by atomic mass is 19.3. The molecule has 0 aliphatic carbocycles. The molecule has 1 rings (SSSR count). The van der Waals surface area contributed by atoms with E-state index < -0.39 is 6.43 Å². The molecule has 0 radical (unpaired) electrons. The number of imidazole rings is 1. The van der Waals surface area contributed by atoms with Gasteiger partial charge in [-0.15, -0.1) is 0 Å². The molecule has 0 amide bonds. The summed E-state index contributed by atoms with van der Waals surface area (Å²) in [5.74, 6) is 0.795. The Balaban J connectivity index is 2.24. The number of nitrogens with one attached hydrogen (secondary N) is 2. The first kappa shape index (κ1) is 9.12. The zero-order valence-electron chi connectivity index (χ0n) is 6.77. The smallest absolute Gasteiger partial charge is 0.250 e. The van der Waals surface area contributed by atoms with Gasteiger partial charge in [0.15, 0.2) is 0 Å². The van der Waals surface area contributed by atoms with Crippen molar-refractivity contribution in [3.63, 3.8) is 0 Å². The molecule has 0 unspecified atom stereocenters. The average molecular weight is 175 g/mol. The Kier molecular flexibility index (Phi) is 3.16. The molecule has 1 heterocycles. The van der Waals surface area contributed by atoms with Gasteiger partial charge in [-0.05, 0) is 6.92 Å². The minimum Gasteiger partial charge on any atom is -0.345 e. The largest absolute Gasteiger partial charge is 0.345 e. The second-order valence-electron chi connectivity index (χ2n) is 2.52. The topological polar surface area (TPSA) is 40.7 Å². The zero-order chi connectivity index (χ0) is 8.97. The molecule has 0 aliphatic rings. The third-order valence-corrected chi connectivity index (χ3v) is 1.37. The van der Waals surface area contributed by atoms with E-state index in [1.54, 1.807) is 6.20 Å². The number of hydrogen-bond donors (Lipinski definition) is 2. The fourth-order valence-corrected chi connectivity index (χ4v) is 0.877. The summed E-state index contributed by atoms with van der Waals surface area (Å²) in [7, 11) is 0.